The summed E-state index contributed by atoms with van der Waals surface area (Å²) in [7, 11) is 0. The molecule has 0 bridgehead atoms. The molecule has 1 saturated heterocycles. The number of piperidine rings is 1. The van der Waals surface area contributed by atoms with E-state index >= 15 is 0 Å². The first-order valence-corrected chi connectivity index (χ1v) is 9.17. The Kier molecular flexibility index (Phi) is 4.36. The van der Waals surface area contributed by atoms with E-state index in [1.807, 2.05) is 6.92 Å². The molecule has 1 aliphatic heterocycles. The van der Waals surface area contributed by atoms with Gasteiger partial charge in [0.25, 0.3) is 5.56 Å². The number of nitrogens with one attached hydrogen (secondary N) is 1. The number of rotatable bonds is 3. The molecule has 2 aromatic heterocycles. The Morgan fingerprint density at radius 3 is 2.58 bits per heavy atom. The minimum atomic E-state index is -0.278. The van der Waals surface area contributed by atoms with Gasteiger partial charge >= 0.3 is 0 Å². The van der Waals surface area contributed by atoms with Gasteiger partial charge in [-0.2, -0.15) is 0 Å². The van der Waals surface area contributed by atoms with Crippen LogP contribution in [-0.4, -0.2) is 39.1 Å². The highest BCUT2D eigenvalue weighted by atomic mass is 19.1. The maximum absolute atomic E-state index is 13.3. The summed E-state index contributed by atoms with van der Waals surface area (Å²) >= 11 is 0. The number of aromatic nitrogens is 3. The SMILES string of the molecule is CCN1CCC(c2cc(=O)n3[nH]c(C)c(-c4ccc(F)cc4)c3n2)CC1. The number of hydrogen-bond acceptors (Lipinski definition) is 3. The lowest BCUT2D eigenvalue weighted by Gasteiger charge is -2.30. The van der Waals surface area contributed by atoms with Gasteiger partial charge in [0, 0.05) is 23.2 Å². The van der Waals surface area contributed by atoms with Gasteiger partial charge in [-0.1, -0.05) is 19.1 Å². The van der Waals surface area contributed by atoms with E-state index in [-0.39, 0.29) is 11.4 Å². The quantitative estimate of drug-likeness (QED) is 0.785. The molecule has 0 spiro atoms. The second-order valence-electron chi connectivity index (χ2n) is 7.01. The van der Waals surface area contributed by atoms with Crippen LogP contribution in [0.2, 0.25) is 0 Å². The first-order valence-electron chi connectivity index (χ1n) is 9.17. The third-order valence-corrected chi connectivity index (χ3v) is 5.40. The highest BCUT2D eigenvalue weighted by Crippen LogP contribution is 2.30. The number of benzene rings is 1. The fourth-order valence-corrected chi connectivity index (χ4v) is 3.88. The predicted octanol–water partition coefficient (Wildman–Crippen LogP) is 3.34. The number of nitrogens with zero attached hydrogens (tertiary/aromatic N) is 3. The van der Waals surface area contributed by atoms with E-state index in [9.17, 15) is 9.18 Å². The first-order chi connectivity index (χ1) is 12.6. The summed E-state index contributed by atoms with van der Waals surface area (Å²) in [4.78, 5) is 19.9. The van der Waals surface area contributed by atoms with Crippen LogP contribution in [0, 0.1) is 12.7 Å². The Bertz CT molecular complexity index is 981. The number of H-pyrrole nitrogens is 1. The van der Waals surface area contributed by atoms with Crippen LogP contribution in [0.4, 0.5) is 4.39 Å². The number of likely N-dealkylation sites (tertiary alicyclic amines) is 1. The van der Waals surface area contributed by atoms with Gasteiger partial charge in [0.2, 0.25) is 0 Å². The Hall–Kier alpha value is -2.47. The topological polar surface area (TPSA) is 53.4 Å². The molecule has 0 atom stereocenters. The molecule has 0 saturated carbocycles. The zero-order chi connectivity index (χ0) is 18.3. The molecule has 0 unspecified atom stereocenters. The van der Waals surface area contributed by atoms with Crippen molar-refractivity contribution >= 4 is 5.65 Å². The molecule has 0 aliphatic carbocycles. The summed E-state index contributed by atoms with van der Waals surface area (Å²) in [6.45, 7) is 7.23. The molecule has 3 aromatic rings. The van der Waals surface area contributed by atoms with E-state index in [4.69, 9.17) is 4.98 Å². The van der Waals surface area contributed by atoms with Gasteiger partial charge < -0.3 is 4.90 Å². The zero-order valence-corrected chi connectivity index (χ0v) is 15.1. The summed E-state index contributed by atoms with van der Waals surface area (Å²) in [6, 6.07) is 7.97. The molecule has 0 radical (unpaired) electrons. The van der Waals surface area contributed by atoms with Crippen molar-refractivity contribution in [2.24, 2.45) is 0 Å². The largest absolute Gasteiger partial charge is 0.304 e. The first kappa shape index (κ1) is 17.0. The Morgan fingerprint density at radius 2 is 1.92 bits per heavy atom. The number of halogens is 1. The van der Waals surface area contributed by atoms with Crippen molar-refractivity contribution in [2.75, 3.05) is 19.6 Å². The van der Waals surface area contributed by atoms with Crippen molar-refractivity contribution in [3.05, 3.63) is 57.9 Å². The van der Waals surface area contributed by atoms with E-state index in [0.717, 1.165) is 55.0 Å². The maximum atomic E-state index is 13.3. The highest BCUT2D eigenvalue weighted by molar-refractivity contribution is 5.79. The molecule has 136 valence electrons. The number of fused-ring (bicyclic) bond motifs is 1. The Morgan fingerprint density at radius 1 is 1.23 bits per heavy atom. The lowest BCUT2D eigenvalue weighted by Crippen LogP contribution is -2.33. The number of aromatic amines is 1. The third-order valence-electron chi connectivity index (χ3n) is 5.40. The normalized spacial score (nSPS) is 16.4. The fraction of sp³-hybridized carbons (Fsp3) is 0.400. The van der Waals surface area contributed by atoms with E-state index in [1.165, 1.54) is 16.6 Å². The van der Waals surface area contributed by atoms with Gasteiger partial charge in [0.05, 0.1) is 5.69 Å². The van der Waals surface area contributed by atoms with Crippen LogP contribution >= 0.6 is 0 Å². The van der Waals surface area contributed by atoms with Crippen LogP contribution in [0.3, 0.4) is 0 Å². The number of aryl methyl sites for hydroxylation is 1. The Labute approximate surface area is 151 Å². The van der Waals surface area contributed by atoms with Crippen molar-refractivity contribution in [1.82, 2.24) is 19.5 Å². The molecule has 5 nitrogen and oxygen atoms in total. The van der Waals surface area contributed by atoms with Crippen LogP contribution in [0.1, 0.15) is 37.1 Å². The minimum Gasteiger partial charge on any atom is -0.304 e. The lowest BCUT2D eigenvalue weighted by atomic mass is 9.93. The third kappa shape index (κ3) is 2.94. The van der Waals surface area contributed by atoms with Crippen LogP contribution in [0.15, 0.2) is 35.1 Å². The molecule has 6 heteroatoms. The molecule has 0 amide bonds. The molecule has 1 aromatic carbocycles. The smallest absolute Gasteiger partial charge is 0.272 e. The Balaban J connectivity index is 1.79. The monoisotopic (exact) mass is 354 g/mol. The molecule has 1 fully saturated rings. The van der Waals surface area contributed by atoms with E-state index in [2.05, 4.69) is 16.9 Å². The summed E-state index contributed by atoms with van der Waals surface area (Å²) < 4.78 is 14.8. The molecule has 1 aliphatic rings. The van der Waals surface area contributed by atoms with E-state index in [0.29, 0.717) is 11.6 Å². The summed E-state index contributed by atoms with van der Waals surface area (Å²) in [5.74, 6) is 0.0338. The molecular formula is C20H23FN4O. The van der Waals surface area contributed by atoms with Crippen LogP contribution in [-0.2, 0) is 0 Å². The van der Waals surface area contributed by atoms with Gasteiger partial charge in [-0.05, 0) is 57.1 Å². The average molecular weight is 354 g/mol. The van der Waals surface area contributed by atoms with Crippen LogP contribution < -0.4 is 5.56 Å². The predicted molar refractivity (Wildman–Crippen MR) is 100 cm³/mol. The van der Waals surface area contributed by atoms with Crippen molar-refractivity contribution in [3.63, 3.8) is 0 Å². The van der Waals surface area contributed by atoms with Gasteiger partial charge in [-0.25, -0.2) is 13.9 Å². The second-order valence-corrected chi connectivity index (χ2v) is 7.01. The fourth-order valence-electron chi connectivity index (χ4n) is 3.88. The zero-order valence-electron chi connectivity index (χ0n) is 15.1. The van der Waals surface area contributed by atoms with Crippen molar-refractivity contribution in [3.8, 4) is 11.1 Å². The van der Waals surface area contributed by atoms with E-state index in [1.54, 1.807) is 18.2 Å². The van der Waals surface area contributed by atoms with Crippen molar-refractivity contribution in [1.29, 1.82) is 0 Å². The molecule has 1 N–H and O–H groups in total. The van der Waals surface area contributed by atoms with E-state index < -0.39 is 0 Å². The second kappa shape index (κ2) is 6.68. The number of hydrogen-bond donors (Lipinski definition) is 1. The van der Waals surface area contributed by atoms with Gasteiger partial charge in [-0.3, -0.25) is 9.89 Å². The maximum Gasteiger partial charge on any atom is 0.272 e. The lowest BCUT2D eigenvalue weighted by molar-refractivity contribution is 0.221. The minimum absolute atomic E-state index is 0.0978. The summed E-state index contributed by atoms with van der Waals surface area (Å²) in [5.41, 5.74) is 3.95. The molecule has 4 rings (SSSR count). The molecular weight excluding hydrogens is 331 g/mol. The van der Waals surface area contributed by atoms with Crippen molar-refractivity contribution < 1.29 is 4.39 Å². The molecule has 26 heavy (non-hydrogen) atoms. The van der Waals surface area contributed by atoms with Gasteiger partial charge in [-0.15, -0.1) is 0 Å². The van der Waals surface area contributed by atoms with Gasteiger partial charge in [0.15, 0.2) is 5.65 Å². The van der Waals surface area contributed by atoms with Crippen molar-refractivity contribution in [2.45, 2.75) is 32.6 Å². The van der Waals surface area contributed by atoms with Gasteiger partial charge in [0.1, 0.15) is 5.82 Å². The van der Waals surface area contributed by atoms with Crippen LogP contribution in [0.5, 0.6) is 0 Å². The highest BCUT2D eigenvalue weighted by Gasteiger charge is 2.23. The average Bonchev–Trinajstić information content (AvgIpc) is 2.99. The standard InChI is InChI=1S/C20H23FN4O/c1-3-24-10-8-14(9-11-24)17-12-18(26)25-20(22-17)19(13(2)23-25)15-4-6-16(21)7-5-15/h4-7,12,14,23H,3,8-11H2,1-2H3. The molecule has 3 heterocycles. The summed E-state index contributed by atoms with van der Waals surface area (Å²) in [5, 5.41) is 3.09. The summed E-state index contributed by atoms with van der Waals surface area (Å²) in [6.07, 6.45) is 2.04. The van der Waals surface area contributed by atoms with Crippen LogP contribution in [0.25, 0.3) is 16.8 Å².